The third kappa shape index (κ3) is 3.85. The van der Waals surface area contributed by atoms with Crippen LogP contribution in [0.4, 0.5) is 0 Å². The SMILES string of the molecule is O=C(c1cnccn1)N1CCN(Cc2cc(C3CC3)n[nH]2)C[C@@H](O)C1. The van der Waals surface area contributed by atoms with E-state index in [4.69, 9.17) is 0 Å². The molecule has 8 heteroatoms. The first kappa shape index (κ1) is 16.2. The predicted octanol–water partition coefficient (Wildman–Crippen LogP) is 0.396. The predicted molar refractivity (Wildman–Crippen MR) is 89.8 cm³/mol. The summed E-state index contributed by atoms with van der Waals surface area (Å²) in [5.41, 5.74) is 2.51. The molecule has 2 aliphatic rings. The molecule has 8 nitrogen and oxygen atoms in total. The first-order valence-electron chi connectivity index (χ1n) is 8.69. The summed E-state index contributed by atoms with van der Waals surface area (Å²) in [7, 11) is 0. The lowest BCUT2D eigenvalue weighted by atomic mass is 10.2. The Morgan fingerprint density at radius 1 is 1.28 bits per heavy atom. The van der Waals surface area contributed by atoms with E-state index in [1.807, 2.05) is 0 Å². The van der Waals surface area contributed by atoms with Crippen LogP contribution in [0.1, 0.15) is 40.6 Å². The molecule has 1 atom stereocenters. The molecule has 25 heavy (non-hydrogen) atoms. The van der Waals surface area contributed by atoms with E-state index in [-0.39, 0.29) is 5.91 Å². The summed E-state index contributed by atoms with van der Waals surface area (Å²) in [5, 5.41) is 17.8. The molecule has 0 bridgehead atoms. The van der Waals surface area contributed by atoms with Crippen molar-refractivity contribution in [1.82, 2.24) is 30.0 Å². The van der Waals surface area contributed by atoms with Crippen LogP contribution in [0.5, 0.6) is 0 Å². The average Bonchev–Trinajstić information content (AvgIpc) is 3.40. The summed E-state index contributed by atoms with van der Waals surface area (Å²) < 4.78 is 0. The molecule has 0 radical (unpaired) electrons. The van der Waals surface area contributed by atoms with Gasteiger partial charge in [0.1, 0.15) is 5.69 Å². The fourth-order valence-electron chi connectivity index (χ4n) is 3.24. The number of H-pyrrole nitrogens is 1. The fourth-order valence-corrected chi connectivity index (χ4v) is 3.24. The Hall–Kier alpha value is -2.32. The van der Waals surface area contributed by atoms with E-state index >= 15 is 0 Å². The Balaban J connectivity index is 1.39. The summed E-state index contributed by atoms with van der Waals surface area (Å²) in [5.74, 6) is 0.436. The van der Waals surface area contributed by atoms with Crippen LogP contribution in [-0.2, 0) is 6.54 Å². The number of hydrogen-bond donors (Lipinski definition) is 2. The lowest BCUT2D eigenvalue weighted by molar-refractivity contribution is 0.0657. The van der Waals surface area contributed by atoms with E-state index in [9.17, 15) is 9.90 Å². The van der Waals surface area contributed by atoms with Crippen molar-refractivity contribution in [2.45, 2.75) is 31.4 Å². The number of aliphatic hydroxyl groups excluding tert-OH is 1. The highest BCUT2D eigenvalue weighted by atomic mass is 16.3. The Bertz CT molecular complexity index is 730. The van der Waals surface area contributed by atoms with Gasteiger partial charge >= 0.3 is 0 Å². The molecule has 0 unspecified atom stereocenters. The average molecular weight is 342 g/mol. The van der Waals surface area contributed by atoms with Crippen LogP contribution in [0, 0.1) is 0 Å². The second-order valence-corrected chi connectivity index (χ2v) is 6.82. The van der Waals surface area contributed by atoms with Crippen molar-refractivity contribution in [2.75, 3.05) is 26.2 Å². The number of β-amino-alcohol motifs (C(OH)–C–C–N with tert-alkyl or cyclic N) is 1. The third-order valence-electron chi connectivity index (χ3n) is 4.70. The standard InChI is InChI=1S/C17H22N6O2/c24-14-10-22(9-13-7-15(21-20-13)12-1-2-12)5-6-23(11-14)17(25)16-8-18-3-4-19-16/h3-4,7-8,12,14,24H,1-2,5-6,9-11H2,(H,20,21)/t14-/m1/s1. The topological polar surface area (TPSA) is 98.2 Å². The first-order valence-corrected chi connectivity index (χ1v) is 8.69. The van der Waals surface area contributed by atoms with Gasteiger partial charge in [0.05, 0.1) is 18.0 Å². The number of aromatic nitrogens is 4. The maximum absolute atomic E-state index is 12.5. The van der Waals surface area contributed by atoms with Crippen LogP contribution in [0.15, 0.2) is 24.7 Å². The highest BCUT2D eigenvalue weighted by molar-refractivity contribution is 5.92. The van der Waals surface area contributed by atoms with Gasteiger partial charge in [-0.1, -0.05) is 0 Å². The Kier molecular flexibility index (Phi) is 4.46. The maximum Gasteiger partial charge on any atom is 0.274 e. The molecular formula is C17H22N6O2. The molecular weight excluding hydrogens is 320 g/mol. The molecule has 132 valence electrons. The van der Waals surface area contributed by atoms with E-state index < -0.39 is 6.10 Å². The minimum atomic E-state index is -0.589. The lowest BCUT2D eigenvalue weighted by Gasteiger charge is -2.21. The Labute approximate surface area is 145 Å². The number of aromatic amines is 1. The minimum Gasteiger partial charge on any atom is -0.390 e. The van der Waals surface area contributed by atoms with Gasteiger partial charge in [0.15, 0.2) is 0 Å². The largest absolute Gasteiger partial charge is 0.390 e. The number of nitrogens with one attached hydrogen (secondary N) is 1. The number of rotatable bonds is 4. The van der Waals surface area contributed by atoms with Gasteiger partial charge in [0.25, 0.3) is 5.91 Å². The van der Waals surface area contributed by atoms with Gasteiger partial charge in [-0.25, -0.2) is 4.98 Å². The van der Waals surface area contributed by atoms with Crippen LogP contribution in [0.25, 0.3) is 0 Å². The number of amides is 1. The van der Waals surface area contributed by atoms with Gasteiger partial charge in [-0.3, -0.25) is 19.8 Å². The molecule has 1 saturated heterocycles. The molecule has 0 aromatic carbocycles. The van der Waals surface area contributed by atoms with Crippen LogP contribution in [0.2, 0.25) is 0 Å². The van der Waals surface area contributed by atoms with Gasteiger partial charge in [-0.15, -0.1) is 0 Å². The van der Waals surface area contributed by atoms with Crippen LogP contribution in [0.3, 0.4) is 0 Å². The second-order valence-electron chi connectivity index (χ2n) is 6.82. The number of carbonyl (C=O) groups is 1. The molecule has 1 aliphatic carbocycles. The molecule has 1 saturated carbocycles. The smallest absolute Gasteiger partial charge is 0.274 e. The zero-order chi connectivity index (χ0) is 17.2. The van der Waals surface area contributed by atoms with Crippen LogP contribution < -0.4 is 0 Å². The maximum atomic E-state index is 12.5. The zero-order valence-corrected chi connectivity index (χ0v) is 14.0. The molecule has 2 N–H and O–H groups in total. The molecule has 4 rings (SSSR count). The first-order chi connectivity index (χ1) is 12.2. The molecule has 1 amide bonds. The van der Waals surface area contributed by atoms with Crippen molar-refractivity contribution < 1.29 is 9.90 Å². The van der Waals surface area contributed by atoms with E-state index in [0.717, 1.165) is 11.4 Å². The number of carbonyl (C=O) groups excluding carboxylic acids is 1. The van der Waals surface area contributed by atoms with Crippen molar-refractivity contribution >= 4 is 5.91 Å². The number of aliphatic hydroxyl groups is 1. The molecule has 0 spiro atoms. The minimum absolute atomic E-state index is 0.188. The monoisotopic (exact) mass is 342 g/mol. The summed E-state index contributed by atoms with van der Waals surface area (Å²) in [6, 6.07) is 2.12. The zero-order valence-electron chi connectivity index (χ0n) is 14.0. The van der Waals surface area contributed by atoms with E-state index in [1.54, 1.807) is 4.90 Å². The van der Waals surface area contributed by atoms with Gasteiger partial charge in [0, 0.05) is 56.7 Å². The van der Waals surface area contributed by atoms with E-state index in [2.05, 4.69) is 31.1 Å². The van der Waals surface area contributed by atoms with Crippen molar-refractivity contribution in [3.05, 3.63) is 41.7 Å². The highest BCUT2D eigenvalue weighted by Crippen LogP contribution is 2.39. The molecule has 1 aliphatic heterocycles. The van der Waals surface area contributed by atoms with Crippen molar-refractivity contribution in [3.63, 3.8) is 0 Å². The van der Waals surface area contributed by atoms with E-state index in [1.165, 1.54) is 31.4 Å². The van der Waals surface area contributed by atoms with Crippen LogP contribution >= 0.6 is 0 Å². The molecule has 2 aromatic rings. The van der Waals surface area contributed by atoms with Gasteiger partial charge in [-0.05, 0) is 18.9 Å². The van der Waals surface area contributed by atoms with Gasteiger partial charge in [-0.2, -0.15) is 5.10 Å². The molecule has 2 fully saturated rings. The quantitative estimate of drug-likeness (QED) is 0.834. The third-order valence-corrected chi connectivity index (χ3v) is 4.70. The Morgan fingerprint density at radius 3 is 2.92 bits per heavy atom. The van der Waals surface area contributed by atoms with Gasteiger partial charge in [0.2, 0.25) is 0 Å². The summed E-state index contributed by atoms with van der Waals surface area (Å²) in [6.45, 7) is 2.78. The Morgan fingerprint density at radius 2 is 2.16 bits per heavy atom. The normalized spacial score (nSPS) is 22.0. The van der Waals surface area contributed by atoms with Gasteiger partial charge < -0.3 is 10.0 Å². The number of hydrogen-bond acceptors (Lipinski definition) is 6. The van der Waals surface area contributed by atoms with Crippen molar-refractivity contribution in [3.8, 4) is 0 Å². The van der Waals surface area contributed by atoms with E-state index in [0.29, 0.717) is 44.3 Å². The van der Waals surface area contributed by atoms with Crippen molar-refractivity contribution in [2.24, 2.45) is 0 Å². The molecule has 3 heterocycles. The molecule has 2 aromatic heterocycles. The highest BCUT2D eigenvalue weighted by Gasteiger charge is 2.28. The summed E-state index contributed by atoms with van der Waals surface area (Å²) >= 11 is 0. The fraction of sp³-hybridized carbons (Fsp3) is 0.529. The lowest BCUT2D eigenvalue weighted by Crippen LogP contribution is -2.38. The number of nitrogens with zero attached hydrogens (tertiary/aromatic N) is 5. The van der Waals surface area contributed by atoms with Crippen LogP contribution in [-0.4, -0.2) is 73.3 Å². The van der Waals surface area contributed by atoms with Crippen molar-refractivity contribution in [1.29, 1.82) is 0 Å². The summed E-state index contributed by atoms with van der Waals surface area (Å²) in [6.07, 6.45) is 6.37. The summed E-state index contributed by atoms with van der Waals surface area (Å²) in [4.78, 5) is 24.3. The second kappa shape index (κ2) is 6.89.